The normalized spacial score (nSPS) is 9.04. The van der Waals surface area contributed by atoms with Crippen LogP contribution in [-0.4, -0.2) is 44.3 Å². The van der Waals surface area contributed by atoms with Crippen molar-refractivity contribution in [2.75, 3.05) is 0 Å². The monoisotopic (exact) mass is 498 g/mol. The standard InChI is InChI=1S/C9H5O8.C5H5.Os/c10-6(11)2-1-3(7(12)13)5(9(16)17)4(2)8(14)15;1-2-4-5-3-1;/h1H,(H,10,11)(H,12,13)(H,14,15)(H,16,17);1-5H;/q-1;-5;. The zero-order valence-electron chi connectivity index (χ0n) is 11.2. The van der Waals surface area contributed by atoms with Crippen molar-refractivity contribution in [1.29, 1.82) is 0 Å². The summed E-state index contributed by atoms with van der Waals surface area (Å²) in [6, 6.07) is 10.5. The Morgan fingerprint density at radius 3 is 1.48 bits per heavy atom. The van der Waals surface area contributed by atoms with Crippen LogP contribution in [0.15, 0.2) is 36.4 Å². The van der Waals surface area contributed by atoms with Gasteiger partial charge in [0.15, 0.2) is 0 Å². The van der Waals surface area contributed by atoms with Gasteiger partial charge in [-0.3, -0.25) is 14.4 Å². The number of hydrogen-bond acceptors (Lipinski definition) is 4. The Bertz CT molecular complexity index is 648. The Hall–Kier alpha value is -2.78. The Balaban J connectivity index is 0.000000684. The van der Waals surface area contributed by atoms with Crippen molar-refractivity contribution in [1.82, 2.24) is 0 Å². The molecule has 0 aliphatic heterocycles. The van der Waals surface area contributed by atoms with E-state index in [4.69, 9.17) is 20.4 Å². The van der Waals surface area contributed by atoms with Crippen LogP contribution in [0.2, 0.25) is 0 Å². The summed E-state index contributed by atoms with van der Waals surface area (Å²) in [4.78, 5) is 42.9. The number of carboxylic acids is 4. The van der Waals surface area contributed by atoms with Crippen LogP contribution >= 0.6 is 0 Å². The van der Waals surface area contributed by atoms with Crippen LogP contribution in [-0.2, 0) is 19.8 Å². The maximum absolute atomic E-state index is 10.8. The first-order valence-corrected chi connectivity index (χ1v) is 5.70. The molecule has 0 aliphatic carbocycles. The zero-order valence-corrected chi connectivity index (χ0v) is 13.8. The smallest absolute Gasteiger partial charge is 0.292 e. The summed E-state index contributed by atoms with van der Waals surface area (Å²) in [6.45, 7) is 0. The van der Waals surface area contributed by atoms with E-state index in [2.05, 4.69) is 0 Å². The maximum Gasteiger partial charge on any atom is 0.292 e. The van der Waals surface area contributed by atoms with Gasteiger partial charge < -0.3 is 55.6 Å². The molecule has 0 saturated carbocycles. The van der Waals surface area contributed by atoms with Crippen molar-refractivity contribution in [2.45, 2.75) is 0 Å². The van der Waals surface area contributed by atoms with E-state index >= 15 is 0 Å². The molecule has 0 bridgehead atoms. The molecule has 0 aromatic heterocycles. The molecular formula is C14H10O8Os-6. The van der Waals surface area contributed by atoms with E-state index in [1.807, 2.05) is 30.3 Å². The molecule has 0 fully saturated rings. The molecule has 0 aliphatic rings. The van der Waals surface area contributed by atoms with Gasteiger partial charge in [0.05, 0.1) is 0 Å². The Morgan fingerprint density at radius 2 is 1.22 bits per heavy atom. The molecule has 0 heterocycles. The summed E-state index contributed by atoms with van der Waals surface area (Å²) in [7, 11) is 0. The third kappa shape index (κ3) is 4.87. The van der Waals surface area contributed by atoms with E-state index in [1.54, 1.807) is 0 Å². The van der Waals surface area contributed by atoms with Crippen LogP contribution in [0.3, 0.4) is 0 Å². The molecule has 0 radical (unpaired) electrons. The van der Waals surface area contributed by atoms with E-state index < -0.39 is 46.1 Å². The molecule has 128 valence electrons. The van der Waals surface area contributed by atoms with Crippen molar-refractivity contribution >= 4 is 23.9 Å². The third-order valence-corrected chi connectivity index (χ3v) is 2.52. The number of hydrogen-bond donors (Lipinski definition) is 4. The average Bonchev–Trinajstić information content (AvgIpc) is 3.09. The fraction of sp³-hybridized carbons (Fsp3) is 0. The maximum atomic E-state index is 10.8. The molecule has 0 amide bonds. The number of rotatable bonds is 4. The van der Waals surface area contributed by atoms with E-state index in [-0.39, 0.29) is 19.8 Å². The average molecular weight is 496 g/mol. The topological polar surface area (TPSA) is 149 Å². The van der Waals surface area contributed by atoms with Gasteiger partial charge in [0, 0.05) is 19.8 Å². The second-order valence-electron chi connectivity index (χ2n) is 3.90. The van der Waals surface area contributed by atoms with Crippen LogP contribution in [0.1, 0.15) is 41.4 Å². The van der Waals surface area contributed by atoms with Crippen LogP contribution in [0.4, 0.5) is 0 Å². The first-order chi connectivity index (χ1) is 10.3. The first kappa shape index (κ1) is 20.2. The molecule has 9 heteroatoms. The third-order valence-electron chi connectivity index (χ3n) is 2.52. The van der Waals surface area contributed by atoms with Gasteiger partial charge in [-0.1, -0.05) is 0 Å². The Kier molecular flexibility index (Phi) is 7.57. The van der Waals surface area contributed by atoms with E-state index in [1.165, 1.54) is 0 Å². The molecule has 4 N–H and O–H groups in total. The van der Waals surface area contributed by atoms with Gasteiger partial charge in [-0.15, -0.1) is 6.07 Å². The SMILES string of the molecule is O=C(O)c1c[c-](C(=O)O)c(C(=O)O)c1C(=O)O.[Os].[cH-]1[cH-][cH-][cH-][cH-]1. The quantitative estimate of drug-likeness (QED) is 0.467. The summed E-state index contributed by atoms with van der Waals surface area (Å²) in [5, 5.41) is 34.8. The van der Waals surface area contributed by atoms with Gasteiger partial charge in [-0.05, 0) is 22.3 Å². The largest absolute Gasteiger partial charge is 0.748 e. The van der Waals surface area contributed by atoms with Gasteiger partial charge >= 0.3 is 0 Å². The molecule has 0 saturated heterocycles. The summed E-state index contributed by atoms with van der Waals surface area (Å²) in [6.07, 6.45) is 0. The molecule has 2 aromatic carbocycles. The fourth-order valence-corrected chi connectivity index (χ4v) is 1.66. The number of carboxylic acid groups (broad SMARTS) is 4. The minimum atomic E-state index is -1.81. The minimum Gasteiger partial charge on any atom is -0.748 e. The van der Waals surface area contributed by atoms with Crippen LogP contribution in [0.25, 0.3) is 0 Å². The van der Waals surface area contributed by atoms with Gasteiger partial charge in [0.2, 0.25) is 5.97 Å². The van der Waals surface area contributed by atoms with Crippen molar-refractivity contribution in [3.8, 4) is 0 Å². The first-order valence-electron chi connectivity index (χ1n) is 5.70. The van der Waals surface area contributed by atoms with Gasteiger partial charge in [0.25, 0.3) is 17.9 Å². The van der Waals surface area contributed by atoms with Crippen LogP contribution in [0.5, 0.6) is 0 Å². The summed E-state index contributed by atoms with van der Waals surface area (Å²) >= 11 is 0. The molecule has 0 spiro atoms. The van der Waals surface area contributed by atoms with Gasteiger partial charge in [-0.2, -0.15) is 0 Å². The minimum absolute atomic E-state index is 0. The van der Waals surface area contributed by atoms with Crippen molar-refractivity contribution < 1.29 is 59.4 Å². The molecule has 8 nitrogen and oxygen atoms in total. The van der Waals surface area contributed by atoms with Crippen molar-refractivity contribution in [3.05, 3.63) is 58.7 Å². The number of carbonyl (C=O) groups is 4. The molecular weight excluding hydrogens is 486 g/mol. The van der Waals surface area contributed by atoms with Crippen molar-refractivity contribution in [2.24, 2.45) is 0 Å². The number of aromatic carboxylic acids is 4. The van der Waals surface area contributed by atoms with Gasteiger partial charge in [-0.25, -0.2) is 0 Å². The second-order valence-corrected chi connectivity index (χ2v) is 3.90. The predicted molar refractivity (Wildman–Crippen MR) is 71.9 cm³/mol. The summed E-state index contributed by atoms with van der Waals surface area (Å²) in [5.74, 6) is -7.05. The van der Waals surface area contributed by atoms with Gasteiger partial charge in [0.1, 0.15) is 0 Å². The molecule has 2 aromatic rings. The molecule has 0 atom stereocenters. The summed E-state index contributed by atoms with van der Waals surface area (Å²) < 4.78 is 0. The fourth-order valence-electron chi connectivity index (χ4n) is 1.66. The van der Waals surface area contributed by atoms with Crippen LogP contribution in [0, 0.1) is 0 Å². The Labute approximate surface area is 142 Å². The van der Waals surface area contributed by atoms with E-state index in [0.717, 1.165) is 0 Å². The molecule has 0 unspecified atom stereocenters. The molecule has 23 heavy (non-hydrogen) atoms. The predicted octanol–water partition coefficient (Wildman–Crippen LogP) is 1.60. The second kappa shape index (κ2) is 8.61. The molecule has 2 rings (SSSR count). The Morgan fingerprint density at radius 1 is 0.783 bits per heavy atom. The summed E-state index contributed by atoms with van der Waals surface area (Å²) in [5.41, 5.74) is -3.82. The van der Waals surface area contributed by atoms with E-state index in [9.17, 15) is 19.2 Å². The zero-order chi connectivity index (χ0) is 16.9. The van der Waals surface area contributed by atoms with E-state index in [0.29, 0.717) is 6.07 Å². The van der Waals surface area contributed by atoms with Crippen molar-refractivity contribution in [3.63, 3.8) is 0 Å². The van der Waals surface area contributed by atoms with Crippen LogP contribution < -0.4 is 0 Å².